The minimum absolute atomic E-state index is 0.0850. The first-order valence-corrected chi connectivity index (χ1v) is 9.40. The van der Waals surface area contributed by atoms with E-state index in [-0.39, 0.29) is 17.6 Å². The summed E-state index contributed by atoms with van der Waals surface area (Å²) in [6, 6.07) is 8.26. The molecule has 1 fully saturated rings. The van der Waals surface area contributed by atoms with Crippen LogP contribution in [0, 0.1) is 5.92 Å². The standard InChI is InChI=1S/C18H23NO3S/c20-16(21)8-7-13-4-3-10-19(12-13)18(22)17-15-6-2-1-5-14(15)9-11-23-17/h1-2,5-6,13,17H,3-4,7-12H2,(H,20,21)/t13-,17-/m0/s1. The van der Waals surface area contributed by atoms with Crippen molar-refractivity contribution in [2.75, 3.05) is 18.8 Å². The van der Waals surface area contributed by atoms with Gasteiger partial charge in [-0.2, -0.15) is 0 Å². The summed E-state index contributed by atoms with van der Waals surface area (Å²) in [7, 11) is 0. The summed E-state index contributed by atoms with van der Waals surface area (Å²) in [4.78, 5) is 25.7. The predicted molar refractivity (Wildman–Crippen MR) is 91.5 cm³/mol. The number of rotatable bonds is 4. The summed E-state index contributed by atoms with van der Waals surface area (Å²) in [6.45, 7) is 1.52. The Kier molecular flexibility index (Phi) is 5.26. The first-order chi connectivity index (χ1) is 11.1. The molecule has 0 spiro atoms. The lowest BCUT2D eigenvalue weighted by molar-refractivity contribution is -0.137. The van der Waals surface area contributed by atoms with Gasteiger partial charge in [0.1, 0.15) is 5.25 Å². The van der Waals surface area contributed by atoms with E-state index in [4.69, 9.17) is 5.11 Å². The van der Waals surface area contributed by atoms with Crippen molar-refractivity contribution < 1.29 is 14.7 Å². The number of carbonyl (C=O) groups excluding carboxylic acids is 1. The van der Waals surface area contributed by atoms with Gasteiger partial charge in [-0.15, -0.1) is 11.8 Å². The van der Waals surface area contributed by atoms with Crippen molar-refractivity contribution in [3.8, 4) is 0 Å². The Balaban J connectivity index is 1.67. The summed E-state index contributed by atoms with van der Waals surface area (Å²) in [5, 5.41) is 8.76. The zero-order valence-corrected chi connectivity index (χ0v) is 14.1. The van der Waals surface area contributed by atoms with E-state index in [9.17, 15) is 9.59 Å². The zero-order chi connectivity index (χ0) is 16.2. The molecule has 4 nitrogen and oxygen atoms in total. The highest BCUT2D eigenvalue weighted by Gasteiger charge is 2.32. The molecule has 0 bridgehead atoms. The average Bonchev–Trinajstić information content (AvgIpc) is 2.59. The number of hydrogen-bond acceptors (Lipinski definition) is 3. The molecule has 1 N–H and O–H groups in total. The lowest BCUT2D eigenvalue weighted by Gasteiger charge is -2.36. The van der Waals surface area contributed by atoms with Crippen molar-refractivity contribution in [2.45, 2.75) is 37.4 Å². The van der Waals surface area contributed by atoms with Crippen LogP contribution in [0.3, 0.4) is 0 Å². The van der Waals surface area contributed by atoms with E-state index in [0.717, 1.165) is 31.6 Å². The number of aliphatic carboxylic acids is 1. The second-order valence-electron chi connectivity index (χ2n) is 6.42. The molecule has 2 aliphatic heterocycles. The molecule has 0 radical (unpaired) electrons. The van der Waals surface area contributed by atoms with Gasteiger partial charge in [-0.1, -0.05) is 24.3 Å². The van der Waals surface area contributed by atoms with Crippen LogP contribution < -0.4 is 0 Å². The second kappa shape index (κ2) is 7.39. The Morgan fingerprint density at radius 3 is 2.96 bits per heavy atom. The lowest BCUT2D eigenvalue weighted by atomic mass is 9.92. The van der Waals surface area contributed by atoms with Gasteiger partial charge in [0.2, 0.25) is 5.91 Å². The normalized spacial score (nSPS) is 24.1. The topological polar surface area (TPSA) is 57.6 Å². The molecule has 0 saturated carbocycles. The van der Waals surface area contributed by atoms with Crippen molar-refractivity contribution in [3.63, 3.8) is 0 Å². The fraction of sp³-hybridized carbons (Fsp3) is 0.556. The maximum atomic E-state index is 13.0. The molecule has 5 heteroatoms. The Morgan fingerprint density at radius 1 is 1.30 bits per heavy atom. The SMILES string of the molecule is O=C(O)CC[C@@H]1CCCN(C(=O)[C@H]2SCCc3ccccc32)C1. The largest absolute Gasteiger partial charge is 0.481 e. The maximum Gasteiger partial charge on any atom is 0.303 e. The fourth-order valence-electron chi connectivity index (χ4n) is 3.59. The van der Waals surface area contributed by atoms with Gasteiger partial charge in [0.15, 0.2) is 0 Å². The van der Waals surface area contributed by atoms with E-state index in [1.54, 1.807) is 11.8 Å². The van der Waals surface area contributed by atoms with Crippen LogP contribution in [-0.4, -0.2) is 40.7 Å². The lowest BCUT2D eigenvalue weighted by Crippen LogP contribution is -2.42. The molecule has 1 saturated heterocycles. The highest BCUT2D eigenvalue weighted by atomic mass is 32.2. The van der Waals surface area contributed by atoms with Crippen LogP contribution in [-0.2, 0) is 16.0 Å². The number of piperidine rings is 1. The molecule has 124 valence electrons. The predicted octanol–water partition coefficient (Wildman–Crippen LogP) is 3.12. The summed E-state index contributed by atoms with van der Waals surface area (Å²) < 4.78 is 0. The molecule has 2 aliphatic rings. The van der Waals surface area contributed by atoms with Gasteiger partial charge >= 0.3 is 5.97 Å². The number of thioether (sulfide) groups is 1. The molecule has 3 rings (SSSR count). The van der Waals surface area contributed by atoms with Gasteiger partial charge in [-0.3, -0.25) is 9.59 Å². The first kappa shape index (κ1) is 16.4. The third kappa shape index (κ3) is 3.89. The van der Waals surface area contributed by atoms with E-state index in [1.165, 1.54) is 11.1 Å². The first-order valence-electron chi connectivity index (χ1n) is 8.35. The van der Waals surface area contributed by atoms with Gasteiger partial charge in [0, 0.05) is 19.5 Å². The van der Waals surface area contributed by atoms with Crippen LogP contribution >= 0.6 is 11.8 Å². The van der Waals surface area contributed by atoms with Crippen molar-refractivity contribution >= 4 is 23.6 Å². The summed E-state index contributed by atoms with van der Waals surface area (Å²) >= 11 is 1.74. The highest BCUT2D eigenvalue weighted by Crippen LogP contribution is 2.38. The van der Waals surface area contributed by atoms with Crippen LogP contribution in [0.5, 0.6) is 0 Å². The van der Waals surface area contributed by atoms with Crippen LogP contribution in [0.2, 0.25) is 0 Å². The van der Waals surface area contributed by atoms with E-state index in [2.05, 4.69) is 12.1 Å². The molecule has 0 aliphatic carbocycles. The molecule has 0 aromatic heterocycles. The molecule has 2 atom stereocenters. The van der Waals surface area contributed by atoms with Gasteiger partial charge in [0.05, 0.1) is 0 Å². The molecule has 1 amide bonds. The van der Waals surface area contributed by atoms with E-state index in [1.807, 2.05) is 17.0 Å². The van der Waals surface area contributed by atoms with Gasteiger partial charge in [0.25, 0.3) is 0 Å². The fourth-order valence-corrected chi connectivity index (χ4v) is 4.87. The third-order valence-corrected chi connectivity index (χ3v) is 6.04. The number of carbonyl (C=O) groups is 2. The minimum atomic E-state index is -0.745. The van der Waals surface area contributed by atoms with Crippen LogP contribution in [0.4, 0.5) is 0 Å². The zero-order valence-electron chi connectivity index (χ0n) is 13.2. The molecule has 23 heavy (non-hydrogen) atoms. The third-order valence-electron chi connectivity index (χ3n) is 4.81. The van der Waals surface area contributed by atoms with Gasteiger partial charge in [-0.05, 0) is 48.5 Å². The van der Waals surface area contributed by atoms with Crippen LogP contribution in [0.15, 0.2) is 24.3 Å². The van der Waals surface area contributed by atoms with Gasteiger partial charge < -0.3 is 10.0 Å². The van der Waals surface area contributed by atoms with Crippen LogP contribution in [0.1, 0.15) is 42.1 Å². The summed E-state index contributed by atoms with van der Waals surface area (Å²) in [6.07, 6.45) is 3.92. The van der Waals surface area contributed by atoms with Crippen molar-refractivity contribution in [1.29, 1.82) is 0 Å². The van der Waals surface area contributed by atoms with E-state index >= 15 is 0 Å². The number of aryl methyl sites for hydroxylation is 1. The Hall–Kier alpha value is -1.49. The number of carboxylic acids is 1. The minimum Gasteiger partial charge on any atom is -0.481 e. The van der Waals surface area contributed by atoms with Crippen molar-refractivity contribution in [3.05, 3.63) is 35.4 Å². The molecule has 1 aromatic rings. The number of carboxylic acid groups (broad SMARTS) is 1. The smallest absolute Gasteiger partial charge is 0.303 e. The Labute approximate surface area is 141 Å². The second-order valence-corrected chi connectivity index (χ2v) is 7.64. The monoisotopic (exact) mass is 333 g/mol. The number of hydrogen-bond donors (Lipinski definition) is 1. The van der Waals surface area contributed by atoms with Crippen molar-refractivity contribution in [1.82, 2.24) is 4.90 Å². The van der Waals surface area contributed by atoms with E-state index < -0.39 is 5.97 Å². The molecule has 0 unspecified atom stereocenters. The number of likely N-dealkylation sites (tertiary alicyclic amines) is 1. The molecule has 1 aromatic carbocycles. The number of fused-ring (bicyclic) bond motifs is 1. The highest BCUT2D eigenvalue weighted by molar-refractivity contribution is 8.00. The summed E-state index contributed by atoms with van der Waals surface area (Å²) in [5.74, 6) is 0.781. The number of amides is 1. The average molecular weight is 333 g/mol. The number of benzene rings is 1. The molecule has 2 heterocycles. The Morgan fingerprint density at radius 2 is 2.13 bits per heavy atom. The van der Waals surface area contributed by atoms with E-state index in [0.29, 0.717) is 18.9 Å². The molecular weight excluding hydrogens is 310 g/mol. The Bertz CT molecular complexity index is 589. The van der Waals surface area contributed by atoms with Crippen LogP contribution in [0.25, 0.3) is 0 Å². The summed E-state index contributed by atoms with van der Waals surface area (Å²) in [5.41, 5.74) is 2.46. The quantitative estimate of drug-likeness (QED) is 0.920. The maximum absolute atomic E-state index is 13.0. The van der Waals surface area contributed by atoms with Crippen molar-refractivity contribution in [2.24, 2.45) is 5.92 Å². The number of nitrogens with zero attached hydrogens (tertiary/aromatic N) is 1. The molecular formula is C18H23NO3S. The van der Waals surface area contributed by atoms with Gasteiger partial charge in [-0.25, -0.2) is 0 Å².